The van der Waals surface area contributed by atoms with Gasteiger partial charge in [0.1, 0.15) is 0 Å². The number of hydrogen-bond acceptors (Lipinski definition) is 2. The molecule has 0 aliphatic carbocycles. The van der Waals surface area contributed by atoms with E-state index in [1.165, 1.54) is 19.3 Å². The average molecular weight is 343 g/mol. The van der Waals surface area contributed by atoms with Crippen molar-refractivity contribution in [3.05, 3.63) is 33.8 Å². The Morgan fingerprint density at radius 3 is 2.36 bits per heavy atom. The summed E-state index contributed by atoms with van der Waals surface area (Å²) in [7, 11) is 0. The number of halogens is 2. The molecule has 1 aliphatic heterocycles. The number of piperidine rings is 1. The highest BCUT2D eigenvalue weighted by Gasteiger charge is 2.28. The molecular formula is C17H24Cl2N2O. The van der Waals surface area contributed by atoms with Crippen molar-refractivity contribution in [2.24, 2.45) is 0 Å². The zero-order chi connectivity index (χ0) is 16.2. The number of benzene rings is 1. The highest BCUT2D eigenvalue weighted by Crippen LogP contribution is 2.25. The number of hydrogen-bond donors (Lipinski definition) is 1. The van der Waals surface area contributed by atoms with Crippen LogP contribution in [0.25, 0.3) is 0 Å². The van der Waals surface area contributed by atoms with Crippen LogP contribution in [0.1, 0.15) is 38.7 Å². The second-order valence-corrected chi connectivity index (χ2v) is 7.33. The maximum absolute atomic E-state index is 12.2. The average Bonchev–Trinajstić information content (AvgIpc) is 2.50. The SMILES string of the molecule is CC(C)(CNC(=O)Cc1c(Cl)cccc1Cl)N1CCCCC1. The topological polar surface area (TPSA) is 32.3 Å². The molecule has 22 heavy (non-hydrogen) atoms. The number of carbonyl (C=O) groups excluding carboxylic acids is 1. The Labute approximate surface area is 143 Å². The molecule has 3 nitrogen and oxygen atoms in total. The maximum Gasteiger partial charge on any atom is 0.224 e. The van der Waals surface area contributed by atoms with E-state index in [1.54, 1.807) is 18.2 Å². The van der Waals surface area contributed by atoms with Crippen molar-refractivity contribution in [3.8, 4) is 0 Å². The van der Waals surface area contributed by atoms with Crippen molar-refractivity contribution in [2.45, 2.75) is 45.1 Å². The molecule has 0 bridgehead atoms. The van der Waals surface area contributed by atoms with Crippen LogP contribution in [0.4, 0.5) is 0 Å². The number of carbonyl (C=O) groups is 1. The van der Waals surface area contributed by atoms with Crippen LogP contribution in [-0.2, 0) is 11.2 Å². The molecule has 2 rings (SSSR count). The van der Waals surface area contributed by atoms with E-state index in [9.17, 15) is 4.79 Å². The molecule has 1 N–H and O–H groups in total. The quantitative estimate of drug-likeness (QED) is 0.879. The Bertz CT molecular complexity index is 505. The van der Waals surface area contributed by atoms with E-state index in [-0.39, 0.29) is 17.9 Å². The first-order valence-corrected chi connectivity index (χ1v) is 8.60. The normalized spacial score (nSPS) is 16.5. The van der Waals surface area contributed by atoms with Crippen LogP contribution in [0.15, 0.2) is 18.2 Å². The minimum atomic E-state index is -0.0416. The third-order valence-electron chi connectivity index (χ3n) is 4.33. The van der Waals surface area contributed by atoms with Gasteiger partial charge in [-0.3, -0.25) is 9.69 Å². The zero-order valence-electron chi connectivity index (χ0n) is 13.3. The molecule has 122 valence electrons. The van der Waals surface area contributed by atoms with E-state index in [1.807, 2.05) is 0 Å². The molecule has 5 heteroatoms. The van der Waals surface area contributed by atoms with Crippen LogP contribution in [0.2, 0.25) is 10.0 Å². The lowest BCUT2D eigenvalue weighted by Crippen LogP contribution is -2.53. The standard InChI is InChI=1S/C17H24Cl2N2O/c1-17(2,21-9-4-3-5-10-21)12-20-16(22)11-13-14(18)7-6-8-15(13)19/h6-8H,3-5,9-12H2,1-2H3,(H,20,22). The molecule has 1 aromatic rings. The number of likely N-dealkylation sites (tertiary alicyclic amines) is 1. The van der Waals surface area contributed by atoms with Gasteiger partial charge in [-0.2, -0.15) is 0 Å². The molecule has 1 aromatic carbocycles. The van der Waals surface area contributed by atoms with Gasteiger partial charge >= 0.3 is 0 Å². The van der Waals surface area contributed by atoms with E-state index in [0.29, 0.717) is 22.2 Å². The summed E-state index contributed by atoms with van der Waals surface area (Å²) in [5.41, 5.74) is 0.666. The van der Waals surface area contributed by atoms with Crippen LogP contribution >= 0.6 is 23.2 Å². The fourth-order valence-electron chi connectivity index (χ4n) is 2.85. The van der Waals surface area contributed by atoms with Gasteiger partial charge in [-0.25, -0.2) is 0 Å². The maximum atomic E-state index is 12.2. The summed E-state index contributed by atoms with van der Waals surface area (Å²) in [4.78, 5) is 14.7. The van der Waals surface area contributed by atoms with Gasteiger partial charge in [0.15, 0.2) is 0 Å². The van der Waals surface area contributed by atoms with Gasteiger partial charge in [0.2, 0.25) is 5.91 Å². The first kappa shape index (κ1) is 17.6. The third-order valence-corrected chi connectivity index (χ3v) is 5.04. The lowest BCUT2D eigenvalue weighted by atomic mass is 9.98. The Balaban J connectivity index is 1.89. The molecular weight excluding hydrogens is 319 g/mol. The number of nitrogens with one attached hydrogen (secondary N) is 1. The summed E-state index contributed by atoms with van der Waals surface area (Å²) < 4.78 is 0. The van der Waals surface area contributed by atoms with Gasteiger partial charge in [0.25, 0.3) is 0 Å². The number of rotatable bonds is 5. The van der Waals surface area contributed by atoms with E-state index in [0.717, 1.165) is 13.1 Å². The van der Waals surface area contributed by atoms with Crippen molar-refractivity contribution in [1.29, 1.82) is 0 Å². The molecule has 0 aromatic heterocycles. The smallest absolute Gasteiger partial charge is 0.224 e. The molecule has 1 saturated heterocycles. The zero-order valence-corrected chi connectivity index (χ0v) is 14.8. The van der Waals surface area contributed by atoms with Gasteiger partial charge < -0.3 is 5.32 Å². The fraction of sp³-hybridized carbons (Fsp3) is 0.588. The van der Waals surface area contributed by atoms with E-state index < -0.39 is 0 Å². The Morgan fingerprint density at radius 1 is 1.18 bits per heavy atom. The fourth-order valence-corrected chi connectivity index (χ4v) is 3.38. The second-order valence-electron chi connectivity index (χ2n) is 6.51. The third kappa shape index (κ3) is 4.61. The molecule has 0 saturated carbocycles. The van der Waals surface area contributed by atoms with Gasteiger partial charge in [-0.15, -0.1) is 0 Å². The predicted molar refractivity (Wildman–Crippen MR) is 92.7 cm³/mol. The summed E-state index contributed by atoms with van der Waals surface area (Å²) in [6, 6.07) is 5.30. The summed E-state index contributed by atoms with van der Waals surface area (Å²) in [6.45, 7) is 7.22. The van der Waals surface area contributed by atoms with Crippen molar-refractivity contribution in [2.75, 3.05) is 19.6 Å². The van der Waals surface area contributed by atoms with Crippen LogP contribution in [0, 0.1) is 0 Å². The molecule has 1 heterocycles. The van der Waals surface area contributed by atoms with Crippen LogP contribution in [0.5, 0.6) is 0 Å². The van der Waals surface area contributed by atoms with E-state index in [4.69, 9.17) is 23.2 Å². The molecule has 1 aliphatic rings. The molecule has 0 radical (unpaired) electrons. The van der Waals surface area contributed by atoms with Gasteiger partial charge in [0.05, 0.1) is 6.42 Å². The molecule has 0 unspecified atom stereocenters. The summed E-state index contributed by atoms with van der Waals surface area (Å²) in [5.74, 6) is -0.0416. The monoisotopic (exact) mass is 342 g/mol. The number of nitrogens with zero attached hydrogens (tertiary/aromatic N) is 1. The van der Waals surface area contributed by atoms with Crippen molar-refractivity contribution in [3.63, 3.8) is 0 Å². The molecule has 0 spiro atoms. The lowest BCUT2D eigenvalue weighted by molar-refractivity contribution is -0.121. The molecule has 1 amide bonds. The van der Waals surface area contributed by atoms with Crippen LogP contribution in [0.3, 0.4) is 0 Å². The minimum Gasteiger partial charge on any atom is -0.354 e. The summed E-state index contributed by atoms with van der Waals surface area (Å²) in [5, 5.41) is 4.10. The van der Waals surface area contributed by atoms with Crippen LogP contribution in [-0.4, -0.2) is 36.0 Å². The van der Waals surface area contributed by atoms with E-state index in [2.05, 4.69) is 24.1 Å². The van der Waals surface area contributed by atoms with Crippen molar-refractivity contribution < 1.29 is 4.79 Å². The largest absolute Gasteiger partial charge is 0.354 e. The Hall–Kier alpha value is -0.770. The molecule has 1 fully saturated rings. The van der Waals surface area contributed by atoms with Crippen LogP contribution < -0.4 is 5.32 Å². The van der Waals surface area contributed by atoms with Crippen molar-refractivity contribution >= 4 is 29.1 Å². The van der Waals surface area contributed by atoms with E-state index >= 15 is 0 Å². The van der Waals surface area contributed by atoms with Gasteiger partial charge in [-0.1, -0.05) is 35.7 Å². The predicted octanol–water partition coefficient (Wildman–Crippen LogP) is 3.92. The lowest BCUT2D eigenvalue weighted by Gasteiger charge is -2.41. The van der Waals surface area contributed by atoms with Gasteiger partial charge in [0, 0.05) is 22.1 Å². The minimum absolute atomic E-state index is 0.0274. The van der Waals surface area contributed by atoms with Gasteiger partial charge in [-0.05, 0) is 57.5 Å². The second kappa shape index (κ2) is 7.67. The van der Waals surface area contributed by atoms with Crippen molar-refractivity contribution in [1.82, 2.24) is 10.2 Å². The highest BCUT2D eigenvalue weighted by molar-refractivity contribution is 6.36. The Kier molecular flexibility index (Phi) is 6.13. The highest BCUT2D eigenvalue weighted by atomic mass is 35.5. The number of amides is 1. The molecule has 0 atom stereocenters. The summed E-state index contributed by atoms with van der Waals surface area (Å²) in [6.07, 6.45) is 4.01. The first-order valence-electron chi connectivity index (χ1n) is 7.85. The summed E-state index contributed by atoms with van der Waals surface area (Å²) >= 11 is 12.2. The Morgan fingerprint density at radius 2 is 1.77 bits per heavy atom. The first-order chi connectivity index (χ1) is 10.4.